The van der Waals surface area contributed by atoms with Crippen LogP contribution in [0.4, 0.5) is 0 Å². The van der Waals surface area contributed by atoms with Gasteiger partial charge in [0.25, 0.3) is 11.8 Å². The Balaban J connectivity index is 1.36. The van der Waals surface area contributed by atoms with Gasteiger partial charge in [-0.3, -0.25) is 14.5 Å². The van der Waals surface area contributed by atoms with E-state index in [2.05, 4.69) is 23.8 Å². The van der Waals surface area contributed by atoms with Gasteiger partial charge in [0.2, 0.25) is 0 Å². The Morgan fingerprint density at radius 2 is 1.92 bits per heavy atom. The normalized spacial score (nSPS) is 19.2. The van der Waals surface area contributed by atoms with Crippen LogP contribution in [0.25, 0.3) is 0 Å². The van der Waals surface area contributed by atoms with Crippen molar-refractivity contribution < 1.29 is 9.59 Å². The number of imidazole rings is 1. The van der Waals surface area contributed by atoms with Crippen molar-refractivity contribution in [2.45, 2.75) is 58.8 Å². The molecule has 2 aromatic carbocycles. The summed E-state index contributed by atoms with van der Waals surface area (Å²) in [5.74, 6) is 1.32. The summed E-state index contributed by atoms with van der Waals surface area (Å²) >= 11 is 0. The molecule has 2 aliphatic rings. The van der Waals surface area contributed by atoms with E-state index in [1.807, 2.05) is 55.5 Å². The van der Waals surface area contributed by atoms with Crippen LogP contribution in [0.3, 0.4) is 0 Å². The molecule has 1 unspecified atom stereocenters. The van der Waals surface area contributed by atoms with Gasteiger partial charge in [0.15, 0.2) is 11.5 Å². The third-order valence-corrected chi connectivity index (χ3v) is 6.99. The molecule has 3 N–H and O–H groups in total. The van der Waals surface area contributed by atoms with E-state index >= 15 is 0 Å². The van der Waals surface area contributed by atoms with E-state index in [-0.39, 0.29) is 24.3 Å². The molecule has 1 aromatic heterocycles. The van der Waals surface area contributed by atoms with E-state index < -0.39 is 5.54 Å². The van der Waals surface area contributed by atoms with E-state index in [0.29, 0.717) is 31.0 Å². The zero-order valence-corrected chi connectivity index (χ0v) is 21.0. The number of rotatable bonds is 7. The van der Waals surface area contributed by atoms with Crippen molar-refractivity contribution in [3.8, 4) is 0 Å². The SMILES string of the molecule is Cc1nc2c([nH]1)CN(C(=O)c1cccc(CN3C(=O)C(CCC(C)C)(c4ccccc4)N=C3N)c1)C2. The molecular weight excluding hydrogens is 452 g/mol. The van der Waals surface area contributed by atoms with Gasteiger partial charge in [-0.15, -0.1) is 0 Å². The number of carbonyl (C=O) groups is 2. The summed E-state index contributed by atoms with van der Waals surface area (Å²) in [5, 5.41) is 0. The molecule has 0 radical (unpaired) electrons. The van der Waals surface area contributed by atoms with Crippen molar-refractivity contribution >= 4 is 17.8 Å². The number of aromatic amines is 1. The van der Waals surface area contributed by atoms with Crippen LogP contribution in [-0.4, -0.2) is 37.5 Å². The molecule has 36 heavy (non-hydrogen) atoms. The number of fused-ring (bicyclic) bond motifs is 1. The van der Waals surface area contributed by atoms with E-state index in [0.717, 1.165) is 34.8 Å². The number of H-pyrrole nitrogens is 1. The van der Waals surface area contributed by atoms with E-state index in [9.17, 15) is 9.59 Å². The highest BCUT2D eigenvalue weighted by Gasteiger charge is 2.48. The largest absolute Gasteiger partial charge is 0.369 e. The molecule has 2 amide bonds. The van der Waals surface area contributed by atoms with Crippen LogP contribution in [0, 0.1) is 12.8 Å². The molecule has 0 saturated heterocycles. The lowest BCUT2D eigenvalue weighted by Gasteiger charge is -2.27. The molecule has 2 aliphatic heterocycles. The van der Waals surface area contributed by atoms with Gasteiger partial charge in [-0.05, 0) is 48.9 Å². The predicted octanol–water partition coefficient (Wildman–Crippen LogP) is 3.86. The monoisotopic (exact) mass is 484 g/mol. The molecule has 186 valence electrons. The fourth-order valence-corrected chi connectivity index (χ4v) is 5.08. The van der Waals surface area contributed by atoms with Crippen LogP contribution < -0.4 is 5.73 Å². The fraction of sp³-hybridized carbons (Fsp3) is 0.357. The smallest absolute Gasteiger partial charge is 0.262 e. The van der Waals surface area contributed by atoms with Crippen molar-refractivity contribution in [2.24, 2.45) is 16.6 Å². The number of benzene rings is 2. The maximum absolute atomic E-state index is 13.9. The minimum Gasteiger partial charge on any atom is -0.369 e. The molecule has 0 saturated carbocycles. The number of hydrogen-bond donors (Lipinski definition) is 2. The maximum Gasteiger partial charge on any atom is 0.262 e. The lowest BCUT2D eigenvalue weighted by molar-refractivity contribution is -0.132. The minimum absolute atomic E-state index is 0.0640. The van der Waals surface area contributed by atoms with Crippen LogP contribution in [0.15, 0.2) is 59.6 Å². The second-order valence-electron chi connectivity index (χ2n) is 10.1. The van der Waals surface area contributed by atoms with E-state index in [4.69, 9.17) is 10.7 Å². The average molecular weight is 485 g/mol. The van der Waals surface area contributed by atoms with Crippen molar-refractivity contribution in [3.63, 3.8) is 0 Å². The summed E-state index contributed by atoms with van der Waals surface area (Å²) in [5.41, 5.74) is 9.50. The van der Waals surface area contributed by atoms with Gasteiger partial charge >= 0.3 is 0 Å². The number of aliphatic imine (C=N–C) groups is 1. The maximum atomic E-state index is 13.9. The first-order valence-corrected chi connectivity index (χ1v) is 12.4. The number of carbonyl (C=O) groups excluding carboxylic acids is 2. The first kappa shape index (κ1) is 23.8. The quantitative estimate of drug-likeness (QED) is 0.531. The Bertz CT molecular complexity index is 1310. The number of aryl methyl sites for hydroxylation is 1. The number of amides is 2. The number of nitrogens with two attached hydrogens (primary N) is 1. The first-order chi connectivity index (χ1) is 17.3. The zero-order valence-electron chi connectivity index (χ0n) is 21.0. The third kappa shape index (κ3) is 4.27. The molecule has 0 spiro atoms. The molecule has 8 nitrogen and oxygen atoms in total. The van der Waals surface area contributed by atoms with Crippen molar-refractivity contribution in [2.75, 3.05) is 0 Å². The highest BCUT2D eigenvalue weighted by atomic mass is 16.2. The van der Waals surface area contributed by atoms with Crippen molar-refractivity contribution in [3.05, 3.63) is 88.5 Å². The molecule has 1 atom stereocenters. The summed E-state index contributed by atoms with van der Waals surface area (Å²) in [6.45, 7) is 7.45. The molecule has 0 bridgehead atoms. The lowest BCUT2D eigenvalue weighted by Crippen LogP contribution is -2.42. The van der Waals surface area contributed by atoms with Crippen molar-refractivity contribution in [1.82, 2.24) is 19.8 Å². The Hall–Kier alpha value is -3.94. The summed E-state index contributed by atoms with van der Waals surface area (Å²) < 4.78 is 0. The summed E-state index contributed by atoms with van der Waals surface area (Å²) in [7, 11) is 0. The summed E-state index contributed by atoms with van der Waals surface area (Å²) in [4.78, 5) is 42.8. The second kappa shape index (κ2) is 9.26. The highest BCUT2D eigenvalue weighted by molar-refractivity contribution is 6.07. The Morgan fingerprint density at radius 3 is 2.64 bits per heavy atom. The number of nitrogens with one attached hydrogen (secondary N) is 1. The van der Waals surface area contributed by atoms with Gasteiger partial charge in [-0.25, -0.2) is 9.98 Å². The van der Waals surface area contributed by atoms with Gasteiger partial charge < -0.3 is 15.6 Å². The molecule has 8 heteroatoms. The standard InChI is InChI=1S/C28H32N6O2/c1-18(2)12-13-28(22-10-5-4-6-11-22)26(36)34(27(29)32-28)15-20-8-7-9-21(14-20)25(35)33-16-23-24(17-33)31-19(3)30-23/h4-11,14,18H,12-13,15-17H2,1-3H3,(H2,29,32)(H,30,31). The summed E-state index contributed by atoms with van der Waals surface area (Å²) in [6, 6.07) is 17.1. The van der Waals surface area contributed by atoms with Crippen LogP contribution in [-0.2, 0) is 30.0 Å². The van der Waals surface area contributed by atoms with Crippen LogP contribution >= 0.6 is 0 Å². The molecule has 3 aromatic rings. The van der Waals surface area contributed by atoms with Gasteiger partial charge in [-0.2, -0.15) is 0 Å². The first-order valence-electron chi connectivity index (χ1n) is 12.4. The Kier molecular flexibility index (Phi) is 6.12. The number of hydrogen-bond acceptors (Lipinski definition) is 5. The lowest BCUT2D eigenvalue weighted by atomic mass is 9.83. The van der Waals surface area contributed by atoms with Crippen LogP contribution in [0.1, 0.15) is 65.4 Å². The highest BCUT2D eigenvalue weighted by Crippen LogP contribution is 2.39. The molecule has 5 rings (SSSR count). The second-order valence-corrected chi connectivity index (χ2v) is 10.1. The number of nitrogens with zero attached hydrogens (tertiary/aromatic N) is 4. The molecule has 0 fully saturated rings. The Morgan fingerprint density at radius 1 is 1.14 bits per heavy atom. The van der Waals surface area contributed by atoms with E-state index in [1.165, 1.54) is 0 Å². The molecule has 0 aliphatic carbocycles. The molecule has 3 heterocycles. The van der Waals surface area contributed by atoms with Crippen molar-refractivity contribution in [1.29, 1.82) is 0 Å². The predicted molar refractivity (Wildman–Crippen MR) is 138 cm³/mol. The Labute approximate surface area is 211 Å². The third-order valence-electron chi connectivity index (χ3n) is 6.99. The van der Waals surface area contributed by atoms with Gasteiger partial charge in [0.1, 0.15) is 5.82 Å². The van der Waals surface area contributed by atoms with Gasteiger partial charge in [0.05, 0.1) is 31.0 Å². The van der Waals surface area contributed by atoms with E-state index in [1.54, 1.807) is 15.9 Å². The topological polar surface area (TPSA) is 108 Å². The zero-order chi connectivity index (χ0) is 25.4. The minimum atomic E-state index is -1.02. The van der Waals surface area contributed by atoms with Gasteiger partial charge in [-0.1, -0.05) is 56.3 Å². The van der Waals surface area contributed by atoms with Crippen LogP contribution in [0.5, 0.6) is 0 Å². The molecular formula is C28H32N6O2. The fourth-order valence-electron chi connectivity index (χ4n) is 5.08. The van der Waals surface area contributed by atoms with Crippen LogP contribution in [0.2, 0.25) is 0 Å². The van der Waals surface area contributed by atoms with Gasteiger partial charge in [0, 0.05) is 5.56 Å². The average Bonchev–Trinajstić information content (AvgIpc) is 3.49. The summed E-state index contributed by atoms with van der Waals surface area (Å²) in [6.07, 6.45) is 1.44. The number of aromatic nitrogens is 2. The number of guanidine groups is 1.